The van der Waals surface area contributed by atoms with Crippen LogP contribution in [-0.4, -0.2) is 39.8 Å². The molecule has 1 amide bonds. The van der Waals surface area contributed by atoms with E-state index in [1.165, 1.54) is 86.3 Å². The second-order valence-corrected chi connectivity index (χ2v) is 20.7. The van der Waals surface area contributed by atoms with E-state index in [0.717, 1.165) is 45.7 Å². The fourth-order valence-electron chi connectivity index (χ4n) is 9.41. The molecule has 0 unspecified atom stereocenters. The van der Waals surface area contributed by atoms with Gasteiger partial charge in [0.1, 0.15) is 5.65 Å². The minimum absolute atomic E-state index is 0.131. The zero-order chi connectivity index (χ0) is 73.6. The van der Waals surface area contributed by atoms with Crippen LogP contribution in [0.3, 0.4) is 0 Å². The van der Waals surface area contributed by atoms with Gasteiger partial charge >= 0.3 is 0 Å². The highest BCUT2D eigenvalue weighted by Crippen LogP contribution is 2.24. The van der Waals surface area contributed by atoms with E-state index in [1.54, 1.807) is 23.7 Å². The fraction of sp³-hybridized carbons (Fsp3) is 0.341. The number of rotatable bonds is 0. The van der Waals surface area contributed by atoms with E-state index in [2.05, 4.69) is 134 Å². The van der Waals surface area contributed by atoms with E-state index in [1.807, 2.05) is 284 Å². The summed E-state index contributed by atoms with van der Waals surface area (Å²) in [5, 5.41) is 7.74. The molecule has 1 N–H and O–H groups in total. The summed E-state index contributed by atoms with van der Waals surface area (Å²) in [4.78, 5) is 32.2. The first-order valence-electron chi connectivity index (χ1n) is 36.0. The lowest BCUT2D eigenvalue weighted by Gasteiger charge is -2.16. The van der Waals surface area contributed by atoms with Crippen LogP contribution >= 0.6 is 0 Å². The number of hydrogen-bond acceptors (Lipinski definition) is 7. The summed E-state index contributed by atoms with van der Waals surface area (Å²) in [6.07, 6.45) is 19.7. The highest BCUT2D eigenvalue weighted by atomic mass is 16.3. The molecule has 6 aromatic carbocycles. The van der Waals surface area contributed by atoms with Crippen LogP contribution in [0.5, 0.6) is 0 Å². The van der Waals surface area contributed by atoms with Crippen molar-refractivity contribution < 1.29 is 9.21 Å². The number of amides is 1. The number of nitrogens with zero attached hydrogens (tertiary/aromatic N) is 7. The molecule has 1 aliphatic heterocycles. The molecule has 8 heterocycles. The minimum Gasteiger partial charge on any atom is -0.472 e. The second kappa shape index (κ2) is 54.6. The minimum atomic E-state index is 0.131. The van der Waals surface area contributed by atoms with Gasteiger partial charge in [-0.2, -0.15) is 0 Å². The number of hydrogen-bond donors (Lipinski definition) is 1. The molecule has 0 saturated heterocycles. The summed E-state index contributed by atoms with van der Waals surface area (Å²) in [6.45, 7) is 46.4. The Morgan fingerprint density at radius 3 is 1.61 bits per heavy atom. The molecule has 15 rings (SSSR count). The maximum absolute atomic E-state index is 11.0. The highest BCUT2D eigenvalue weighted by molar-refractivity contribution is 5.94. The summed E-state index contributed by atoms with van der Waals surface area (Å²) in [7, 11) is 2.00. The quantitative estimate of drug-likeness (QED) is 0.161. The van der Waals surface area contributed by atoms with Crippen LogP contribution in [0, 0.1) is 48.5 Å². The average Bonchev–Trinajstić information content (AvgIpc) is 1.92. The lowest BCUT2D eigenvalue weighted by atomic mass is 9.91. The number of carbonyl (C=O) groups excluding carboxylic acids is 1. The number of pyridine rings is 4. The first kappa shape index (κ1) is 88.5. The normalized spacial score (nSPS) is 10.3. The Bertz CT molecular complexity index is 3870. The largest absolute Gasteiger partial charge is 0.472 e. The molecule has 10 heteroatoms. The number of para-hydroxylation sites is 3. The van der Waals surface area contributed by atoms with Gasteiger partial charge in [-0.3, -0.25) is 19.7 Å². The summed E-state index contributed by atoms with van der Waals surface area (Å²) in [6, 6.07) is 61.9. The van der Waals surface area contributed by atoms with Gasteiger partial charge in [0, 0.05) is 77.2 Å². The third-order valence-corrected chi connectivity index (χ3v) is 13.8. The average molecular weight is 1320 g/mol. The van der Waals surface area contributed by atoms with E-state index in [4.69, 9.17) is 4.42 Å². The van der Waals surface area contributed by atoms with E-state index in [-0.39, 0.29) is 5.91 Å². The lowest BCUT2D eigenvalue weighted by molar-refractivity contribution is -0.116. The van der Waals surface area contributed by atoms with E-state index in [9.17, 15) is 4.79 Å². The molecule has 0 fully saturated rings. The Morgan fingerprint density at radius 2 is 0.980 bits per heavy atom. The number of anilines is 1. The summed E-state index contributed by atoms with van der Waals surface area (Å²) in [5.74, 6) is 0.131. The van der Waals surface area contributed by atoms with Crippen LogP contribution in [0.4, 0.5) is 5.69 Å². The molecule has 0 saturated carbocycles. The summed E-state index contributed by atoms with van der Waals surface area (Å²) < 4.78 is 8.78. The molecule has 1 aliphatic carbocycles. The number of nitrogens with one attached hydrogen (secondary N) is 1. The standard InChI is InChI=1S/C11H14.C10H11NO.3C10H9N.2C8H8N2.C5H6O.8C2H6/c1-9-6-7-10-4-2-3-5-11(10)8-9;1-7-2-4-9-8(6-7)3-5-10(12)11-9;1-8-4-5-10-9(7-8)3-2-6-11-10;1-8-6-9-4-2-3-5-10(9)7-11-8;1-8-6-7-9-4-2-3-5-10(9)11-8;1-10-6-9-7-4-2-3-5-8(7)10;1-7-6-9-8-4-2-3-5-10(7)8;1-5-2-3-6-4-5;8*1-2/h6-8H,2-5H2,1H3;2,4,6H,3,5H2,1H3,(H,11,12);3*2-7H,1H3;2*2-6H,1H3;2-4H,1H3;8*1-2H3. The first-order valence-corrected chi connectivity index (χ1v) is 36.0. The second-order valence-electron chi connectivity index (χ2n) is 20.7. The smallest absolute Gasteiger partial charge is 0.224 e. The van der Waals surface area contributed by atoms with Gasteiger partial charge in [0.25, 0.3) is 0 Å². The van der Waals surface area contributed by atoms with Gasteiger partial charge in [0.2, 0.25) is 5.91 Å². The number of carbonyl (C=O) groups is 1. The monoisotopic (exact) mass is 1320 g/mol. The van der Waals surface area contributed by atoms with Gasteiger partial charge in [-0.25, -0.2) is 9.97 Å². The molecule has 7 aromatic heterocycles. The molecule has 10 nitrogen and oxygen atoms in total. The molecule has 0 bridgehead atoms. The molecule has 526 valence electrons. The number of aryl methyl sites for hydroxylation is 11. The Balaban J connectivity index is 0.00000107. The van der Waals surface area contributed by atoms with Gasteiger partial charge in [0.05, 0.1) is 40.9 Å². The number of imidazole rings is 2. The van der Waals surface area contributed by atoms with Gasteiger partial charge in [-0.15, -0.1) is 0 Å². The van der Waals surface area contributed by atoms with Crippen LogP contribution in [0.15, 0.2) is 230 Å². The maximum atomic E-state index is 11.0. The van der Waals surface area contributed by atoms with Gasteiger partial charge in [-0.05, 0) is 181 Å². The number of aromatic nitrogens is 7. The molecule has 13 aromatic rings. The van der Waals surface area contributed by atoms with Crippen LogP contribution in [0.25, 0.3) is 49.3 Å². The van der Waals surface area contributed by atoms with E-state index >= 15 is 0 Å². The van der Waals surface area contributed by atoms with Crippen molar-refractivity contribution in [1.29, 1.82) is 0 Å². The van der Waals surface area contributed by atoms with Crippen molar-refractivity contribution in [3.63, 3.8) is 0 Å². The topological polar surface area (TPSA) is 116 Å². The predicted octanol–water partition coefficient (Wildman–Crippen LogP) is 25.4. The maximum Gasteiger partial charge on any atom is 0.224 e. The van der Waals surface area contributed by atoms with Crippen molar-refractivity contribution in [3.8, 4) is 0 Å². The van der Waals surface area contributed by atoms with Gasteiger partial charge in [0.15, 0.2) is 0 Å². The van der Waals surface area contributed by atoms with Crippen LogP contribution < -0.4 is 5.32 Å². The molecule has 98 heavy (non-hydrogen) atoms. The Labute approximate surface area is 592 Å². The lowest BCUT2D eigenvalue weighted by Crippen LogP contribution is -2.18. The summed E-state index contributed by atoms with van der Waals surface area (Å²) in [5.41, 5.74) is 19.3. The van der Waals surface area contributed by atoms with Crippen molar-refractivity contribution in [2.24, 2.45) is 7.05 Å². The molecule has 0 atom stereocenters. The van der Waals surface area contributed by atoms with Crippen molar-refractivity contribution >= 4 is 60.9 Å². The molecule has 0 radical (unpaired) electrons. The molecule has 0 spiro atoms. The van der Waals surface area contributed by atoms with E-state index < -0.39 is 0 Å². The zero-order valence-electron chi connectivity index (χ0n) is 64.6. The number of furan rings is 1. The molecular formula is C88H122N8O2. The predicted molar refractivity (Wildman–Crippen MR) is 430 cm³/mol. The van der Waals surface area contributed by atoms with Crippen LogP contribution in [0.2, 0.25) is 0 Å². The highest BCUT2D eigenvalue weighted by Gasteiger charge is 2.13. The van der Waals surface area contributed by atoms with Crippen LogP contribution in [-0.2, 0) is 31.1 Å². The number of benzene rings is 6. The first-order chi connectivity index (χ1) is 47.8. The third-order valence-electron chi connectivity index (χ3n) is 13.8. The van der Waals surface area contributed by atoms with Crippen molar-refractivity contribution in [2.45, 2.75) is 198 Å². The third kappa shape index (κ3) is 32.5. The SMILES string of the molecule is CC.CC.CC.CC.CC.CC.CC.CC.Cc1cc2ccccc2cn1.Cc1ccc2c(c1)CCC(=O)N2.Cc1ccc2c(c1)CCCC2.Cc1ccc2ccccc2n1.Cc1ccc2ncccc2c1.Cc1ccoc1.Cc1cnc2ccccn12.Cn1cnc2ccccc21. The fourth-order valence-corrected chi connectivity index (χ4v) is 9.41. The van der Waals surface area contributed by atoms with Gasteiger partial charge < -0.3 is 18.7 Å². The molecular weight excluding hydrogens is 1200 g/mol. The number of fused-ring (bicyclic) bond motifs is 7. The molecule has 2 aliphatic rings. The van der Waals surface area contributed by atoms with Crippen LogP contribution in [0.1, 0.15) is 186 Å². The summed E-state index contributed by atoms with van der Waals surface area (Å²) >= 11 is 0. The van der Waals surface area contributed by atoms with Crippen molar-refractivity contribution in [1.82, 2.24) is 33.9 Å². The Morgan fingerprint density at radius 1 is 0.408 bits per heavy atom. The van der Waals surface area contributed by atoms with E-state index in [0.29, 0.717) is 6.42 Å². The van der Waals surface area contributed by atoms with Crippen molar-refractivity contribution in [3.05, 3.63) is 282 Å². The van der Waals surface area contributed by atoms with Gasteiger partial charge in [-0.1, -0.05) is 237 Å². The Kier molecular flexibility index (Phi) is 49.3. The van der Waals surface area contributed by atoms with Crippen molar-refractivity contribution in [2.75, 3.05) is 5.32 Å². The Hall–Kier alpha value is -9.54. The zero-order valence-corrected chi connectivity index (χ0v) is 64.6.